The molecule has 64 heavy (non-hydrogen) atoms. The van der Waals surface area contributed by atoms with Crippen LogP contribution < -0.4 is 21.3 Å². The molecule has 4 aliphatic rings. The number of aliphatic hydroxyl groups excluding tert-OH is 1. The summed E-state index contributed by atoms with van der Waals surface area (Å²) >= 11 is 0. The number of aliphatic hydroxyl groups is 1. The van der Waals surface area contributed by atoms with Crippen LogP contribution in [-0.2, 0) is 54.3 Å². The summed E-state index contributed by atoms with van der Waals surface area (Å²) in [6.45, 7) is 2.79. The Morgan fingerprint density at radius 3 is 2.02 bits per heavy atom. The van der Waals surface area contributed by atoms with Crippen LogP contribution >= 0.6 is 0 Å². The van der Waals surface area contributed by atoms with Gasteiger partial charge in [-0.15, -0.1) is 0 Å². The van der Waals surface area contributed by atoms with E-state index in [4.69, 9.17) is 4.74 Å². The molecule has 5 N–H and O–H groups in total. The highest BCUT2D eigenvalue weighted by Gasteiger charge is 2.43. The van der Waals surface area contributed by atoms with Crippen LogP contribution in [0.2, 0.25) is 0 Å². The van der Waals surface area contributed by atoms with Crippen LogP contribution in [0.4, 0.5) is 0 Å². The van der Waals surface area contributed by atoms with Gasteiger partial charge in [-0.2, -0.15) is 0 Å². The van der Waals surface area contributed by atoms with E-state index in [9.17, 15) is 48.3 Å². The summed E-state index contributed by atoms with van der Waals surface area (Å²) in [6.07, 6.45) is 17.0. The van der Waals surface area contributed by atoms with E-state index in [1.54, 1.807) is 66.8 Å². The lowest BCUT2D eigenvalue weighted by Gasteiger charge is -2.34. The molecule has 0 saturated carbocycles. The summed E-state index contributed by atoms with van der Waals surface area (Å²) in [7, 11) is 1.44. The summed E-state index contributed by atoms with van der Waals surface area (Å²) in [5.74, 6) is -5.50. The van der Waals surface area contributed by atoms with Crippen molar-refractivity contribution in [3.63, 3.8) is 0 Å². The highest BCUT2D eigenvalue weighted by atomic mass is 16.5. The number of likely N-dealkylation sites (N-methyl/N-ethyl adjacent to an activating group) is 1. The largest absolute Gasteiger partial charge is 0.510 e. The number of ether oxygens (including phenoxy) is 1. The van der Waals surface area contributed by atoms with Crippen molar-refractivity contribution in [3.05, 3.63) is 108 Å². The van der Waals surface area contributed by atoms with Crippen molar-refractivity contribution in [1.29, 1.82) is 0 Å². The summed E-state index contributed by atoms with van der Waals surface area (Å²) in [5, 5.41) is 20.1. The third-order valence-electron chi connectivity index (χ3n) is 11.3. The Labute approximate surface area is 371 Å². The fraction of sp³-hybridized carbons (Fsp3) is 0.413. The molecule has 0 aromatic heterocycles. The smallest absolute Gasteiger partial charge is 0.328 e. The van der Waals surface area contributed by atoms with Crippen LogP contribution in [0, 0.1) is 0 Å². The molecule has 3 fully saturated rings. The van der Waals surface area contributed by atoms with Gasteiger partial charge in [0.2, 0.25) is 41.4 Å². The van der Waals surface area contributed by atoms with Crippen LogP contribution in [0.1, 0.15) is 57.9 Å². The molecule has 0 bridgehead atoms. The van der Waals surface area contributed by atoms with Gasteiger partial charge in [0.1, 0.15) is 54.3 Å². The fourth-order valence-corrected chi connectivity index (χ4v) is 7.62. The number of carbonyl (C=O) groups excluding carboxylic acids is 9. The molecule has 6 unspecified atom stereocenters. The zero-order valence-corrected chi connectivity index (χ0v) is 36.1. The first kappa shape index (κ1) is 47.9. The highest BCUT2D eigenvalue weighted by molar-refractivity contribution is 6.03. The molecule has 340 valence electrons. The Kier molecular flexibility index (Phi) is 17.1. The lowest BCUT2D eigenvalue weighted by Crippen LogP contribution is -2.60. The number of carbonyl (C=O) groups is 9. The second-order valence-corrected chi connectivity index (χ2v) is 15.8. The van der Waals surface area contributed by atoms with Gasteiger partial charge in [0.25, 0.3) is 0 Å². The molecular weight excluding hydrogens is 827 g/mol. The van der Waals surface area contributed by atoms with E-state index in [1.807, 2.05) is 0 Å². The maximum absolute atomic E-state index is 14.3. The molecule has 1 aromatic carbocycles. The number of hydrogen-bond donors (Lipinski definition) is 5. The van der Waals surface area contributed by atoms with Gasteiger partial charge in [-0.1, -0.05) is 78.9 Å². The average molecular weight is 882 g/mol. The molecular formula is C46H55N7O11. The number of nitrogens with zero attached hydrogens (tertiary/aromatic N) is 3. The minimum Gasteiger partial charge on any atom is -0.510 e. The minimum absolute atomic E-state index is 0.0271. The van der Waals surface area contributed by atoms with Gasteiger partial charge in [-0.3, -0.25) is 38.4 Å². The molecule has 3 saturated heterocycles. The lowest BCUT2D eigenvalue weighted by atomic mass is 10.0. The van der Waals surface area contributed by atoms with E-state index in [0.717, 1.165) is 0 Å². The van der Waals surface area contributed by atoms with Gasteiger partial charge in [0.15, 0.2) is 5.78 Å². The van der Waals surface area contributed by atoms with Crippen LogP contribution in [0.5, 0.6) is 0 Å². The maximum Gasteiger partial charge on any atom is 0.328 e. The van der Waals surface area contributed by atoms with Gasteiger partial charge in [-0.05, 0) is 45.1 Å². The molecule has 1 aliphatic carbocycles. The van der Waals surface area contributed by atoms with Crippen LogP contribution in [0.15, 0.2) is 103 Å². The Balaban J connectivity index is 1.27. The van der Waals surface area contributed by atoms with Crippen molar-refractivity contribution in [2.24, 2.45) is 0 Å². The van der Waals surface area contributed by atoms with Gasteiger partial charge >= 0.3 is 5.97 Å². The van der Waals surface area contributed by atoms with Crippen LogP contribution in [0.3, 0.4) is 0 Å². The first-order valence-electron chi connectivity index (χ1n) is 21.3. The predicted octanol–water partition coefficient (Wildman–Crippen LogP) is 1.12. The molecule has 7 amide bonds. The van der Waals surface area contributed by atoms with Crippen LogP contribution in [-0.4, -0.2) is 136 Å². The number of benzene rings is 1. The second kappa shape index (κ2) is 22.8. The van der Waals surface area contributed by atoms with E-state index >= 15 is 0 Å². The quantitative estimate of drug-likeness (QED) is 0.113. The molecule has 5 rings (SSSR count). The Bertz CT molecular complexity index is 2160. The lowest BCUT2D eigenvalue weighted by molar-refractivity contribution is -0.158. The normalized spacial score (nSPS) is 24.6. The monoisotopic (exact) mass is 881 g/mol. The van der Waals surface area contributed by atoms with Crippen LogP contribution in [0.25, 0.3) is 0 Å². The molecule has 3 heterocycles. The SMILES string of the molecule is CC1NC(=O)C(C)N(C)C(=O)C2CCCN2C(=O)C(NC(=O)C(Cc2ccccc2)NC(=O)C=CC=CC=CC=CC=CC(=O)NC2=C(O)CCC2=O)COC(=O)C2CCCN2C1=O. The third kappa shape index (κ3) is 12.7. The number of rotatable bonds is 12. The third-order valence-corrected chi connectivity index (χ3v) is 11.3. The predicted molar refractivity (Wildman–Crippen MR) is 232 cm³/mol. The molecule has 6 atom stereocenters. The van der Waals surface area contributed by atoms with E-state index in [1.165, 1.54) is 59.9 Å². The number of Topliss-reactive ketones (excluding diaryl/α,β-unsaturated/α-hetero) is 1. The maximum atomic E-state index is 14.3. The summed E-state index contributed by atoms with van der Waals surface area (Å²) in [5.41, 5.74) is 0.617. The number of fused-ring (bicyclic) bond motifs is 2. The molecule has 1 aromatic rings. The molecule has 0 radical (unpaired) electrons. The van der Waals surface area contributed by atoms with E-state index < -0.39 is 90.2 Å². The second-order valence-electron chi connectivity index (χ2n) is 15.8. The van der Waals surface area contributed by atoms with E-state index in [0.29, 0.717) is 18.4 Å². The number of nitrogens with one attached hydrogen (secondary N) is 4. The van der Waals surface area contributed by atoms with Gasteiger partial charge in [-0.25, -0.2) is 4.79 Å². The average Bonchev–Trinajstić information content (AvgIpc) is 4.05. The summed E-state index contributed by atoms with van der Waals surface area (Å²) in [6, 6.07) is 2.21. The Hall–Kier alpha value is -7.11. The van der Waals surface area contributed by atoms with Gasteiger partial charge in [0, 0.05) is 51.6 Å². The highest BCUT2D eigenvalue weighted by Crippen LogP contribution is 2.24. The zero-order valence-electron chi connectivity index (χ0n) is 36.1. The molecule has 18 nitrogen and oxygen atoms in total. The van der Waals surface area contributed by atoms with Crippen molar-refractivity contribution < 1.29 is 53.0 Å². The van der Waals surface area contributed by atoms with Crippen molar-refractivity contribution in [1.82, 2.24) is 36.0 Å². The zero-order chi connectivity index (χ0) is 46.3. The van der Waals surface area contributed by atoms with Crippen molar-refractivity contribution >= 4 is 53.1 Å². The number of cyclic esters (lactones) is 1. The topological polar surface area (TPSA) is 241 Å². The number of amides is 7. The molecule has 18 heteroatoms. The van der Waals surface area contributed by atoms with Gasteiger partial charge < -0.3 is 45.8 Å². The summed E-state index contributed by atoms with van der Waals surface area (Å²) in [4.78, 5) is 123. The van der Waals surface area contributed by atoms with E-state index in [-0.39, 0.29) is 62.4 Å². The van der Waals surface area contributed by atoms with Crippen molar-refractivity contribution in [2.45, 2.75) is 95.0 Å². The number of ketones is 1. The Morgan fingerprint density at radius 1 is 0.797 bits per heavy atom. The van der Waals surface area contributed by atoms with Gasteiger partial charge in [0.05, 0.1) is 0 Å². The van der Waals surface area contributed by atoms with Crippen molar-refractivity contribution in [3.8, 4) is 0 Å². The number of allylic oxidation sites excluding steroid dienone is 10. The molecule has 3 aliphatic heterocycles. The number of hydrogen-bond acceptors (Lipinski definition) is 11. The molecule has 0 spiro atoms. The first-order chi connectivity index (χ1) is 30.7. The minimum atomic E-state index is -1.48. The van der Waals surface area contributed by atoms with E-state index in [2.05, 4.69) is 21.3 Å². The Morgan fingerprint density at radius 2 is 1.39 bits per heavy atom. The number of esters is 1. The standard InChI is InChI=1S/C46H55N7O11/c1-29-43(60)53-26-16-20-35(53)46(63)64-28-33(44(61)52-25-15-19-34(52)45(62)51(3)30(2)41(58)47-29)49-42(59)32(27-31-17-11-10-12-18-31)48-38(56)21-13-8-6-4-5-7-9-14-22-39(57)50-40-36(54)23-24-37(40)55/h4-14,17-18,21-22,29-30,32-35,54H,15-16,19-20,23-28H2,1-3H3,(H,47,58)(H,48,56)(H,49,59)(H,50,57). The summed E-state index contributed by atoms with van der Waals surface area (Å²) < 4.78 is 5.66. The first-order valence-corrected chi connectivity index (χ1v) is 21.3. The van der Waals surface area contributed by atoms with Crippen molar-refractivity contribution in [2.75, 3.05) is 26.7 Å². The fourth-order valence-electron chi connectivity index (χ4n) is 7.62.